The van der Waals surface area contributed by atoms with Gasteiger partial charge in [0, 0.05) is 5.56 Å². The van der Waals surface area contributed by atoms with Crippen molar-refractivity contribution in [1.82, 2.24) is 20.1 Å². The van der Waals surface area contributed by atoms with Crippen molar-refractivity contribution < 1.29 is 27.8 Å². The third-order valence-electron chi connectivity index (χ3n) is 7.30. The maximum atomic E-state index is 12.7. The largest absolute Gasteiger partial charge is 0.573 e. The van der Waals surface area contributed by atoms with Crippen LogP contribution in [0.15, 0.2) is 78.0 Å². The number of aryl methyl sites for hydroxylation is 2. The van der Waals surface area contributed by atoms with Crippen molar-refractivity contribution in [2.24, 2.45) is 4.99 Å². The first-order valence-corrected chi connectivity index (χ1v) is 15.9. The number of carbonyl (C=O) groups excluding carboxylic acids is 1. The number of hydrogen-bond donors (Lipinski definition) is 2. The molecule has 1 amide bonds. The van der Waals surface area contributed by atoms with Crippen LogP contribution in [0.3, 0.4) is 0 Å². The van der Waals surface area contributed by atoms with Gasteiger partial charge in [0.1, 0.15) is 12.1 Å². The number of amides is 1. The fourth-order valence-corrected chi connectivity index (χ4v) is 5.90. The zero-order valence-corrected chi connectivity index (χ0v) is 26.5. The summed E-state index contributed by atoms with van der Waals surface area (Å²) in [5.74, 6) is 0.648. The number of thioether (sulfide) groups is 1. The average Bonchev–Trinajstić information content (AvgIpc) is 3.64. The summed E-state index contributed by atoms with van der Waals surface area (Å²) in [4.78, 5) is 23.1. The normalized spacial score (nSPS) is 15.3. The standard InChI is InChI=1S/C33H35F3N6O3S/c1-21(2)27-18-22(3)7-16-28(27)42-29(43)19-46-32(42)39-31(44)37-17-5-4-6-23-8-10-24(11-9-23)30-38-20-41(40-30)25-12-14-26(15-13-25)45-33(34,35)36/h7-16,18,20-21,31,37,44H,4-6,17,19H2,1-3H3. The number of halogens is 3. The highest BCUT2D eigenvalue weighted by atomic mass is 32.2. The molecule has 1 atom stereocenters. The number of carbonyl (C=O) groups is 1. The smallest absolute Gasteiger partial charge is 0.406 e. The van der Waals surface area contributed by atoms with Crippen molar-refractivity contribution in [3.8, 4) is 22.8 Å². The van der Waals surface area contributed by atoms with Crippen LogP contribution in [0.25, 0.3) is 17.1 Å². The van der Waals surface area contributed by atoms with Gasteiger partial charge in [-0.1, -0.05) is 67.6 Å². The molecule has 4 aromatic rings. The second-order valence-corrected chi connectivity index (χ2v) is 12.1. The molecule has 1 fully saturated rings. The summed E-state index contributed by atoms with van der Waals surface area (Å²) in [6, 6.07) is 19.3. The van der Waals surface area contributed by atoms with Gasteiger partial charge in [-0.3, -0.25) is 15.0 Å². The number of benzene rings is 3. The van der Waals surface area contributed by atoms with Gasteiger partial charge in [0.05, 0.1) is 17.1 Å². The van der Waals surface area contributed by atoms with E-state index in [2.05, 4.69) is 45.0 Å². The highest BCUT2D eigenvalue weighted by Gasteiger charge is 2.32. The lowest BCUT2D eigenvalue weighted by atomic mass is 9.98. The number of rotatable bonds is 12. The second kappa shape index (κ2) is 14.5. The monoisotopic (exact) mass is 652 g/mol. The summed E-state index contributed by atoms with van der Waals surface area (Å²) in [7, 11) is 0. The van der Waals surface area contributed by atoms with E-state index in [-0.39, 0.29) is 23.3 Å². The van der Waals surface area contributed by atoms with E-state index in [9.17, 15) is 23.1 Å². The minimum atomic E-state index is -4.75. The minimum absolute atomic E-state index is 0.0509. The number of aliphatic hydroxyl groups excluding tert-OH is 1. The quantitative estimate of drug-likeness (QED) is 0.131. The molecule has 1 aromatic heterocycles. The van der Waals surface area contributed by atoms with E-state index in [4.69, 9.17) is 0 Å². The van der Waals surface area contributed by atoms with E-state index in [1.165, 1.54) is 47.0 Å². The van der Waals surface area contributed by atoms with E-state index in [0.717, 1.165) is 47.2 Å². The molecule has 0 bridgehead atoms. The Balaban J connectivity index is 1.09. The number of nitrogens with zero attached hydrogens (tertiary/aromatic N) is 5. The first kappa shape index (κ1) is 33.2. The lowest BCUT2D eigenvalue weighted by molar-refractivity contribution is -0.274. The first-order chi connectivity index (χ1) is 22.0. The number of anilines is 1. The summed E-state index contributed by atoms with van der Waals surface area (Å²) >= 11 is 1.33. The number of nitrogens with one attached hydrogen (secondary N) is 1. The van der Waals surface area contributed by atoms with Crippen molar-refractivity contribution in [1.29, 1.82) is 0 Å². The molecule has 1 unspecified atom stereocenters. The van der Waals surface area contributed by atoms with Gasteiger partial charge in [-0.15, -0.1) is 18.3 Å². The Labute approximate surface area is 269 Å². The topological polar surface area (TPSA) is 105 Å². The van der Waals surface area contributed by atoms with Gasteiger partial charge in [0.25, 0.3) is 0 Å². The number of unbranched alkanes of at least 4 members (excludes halogenated alkanes) is 1. The van der Waals surface area contributed by atoms with E-state index in [1.54, 1.807) is 4.90 Å². The number of aliphatic imine (C=N–C) groups is 1. The second-order valence-electron chi connectivity index (χ2n) is 11.2. The molecule has 0 spiro atoms. The Morgan fingerprint density at radius 1 is 1.07 bits per heavy atom. The number of aliphatic hydroxyl groups is 1. The molecule has 3 aromatic carbocycles. The molecule has 2 N–H and O–H groups in total. The summed E-state index contributed by atoms with van der Waals surface area (Å²) in [6.07, 6.45) is -1.83. The number of alkyl halides is 3. The highest BCUT2D eigenvalue weighted by Crippen LogP contribution is 2.34. The van der Waals surface area contributed by atoms with Gasteiger partial charge in [-0.05, 0) is 80.1 Å². The summed E-state index contributed by atoms with van der Waals surface area (Å²) in [5.41, 5.74) is 5.50. The Bertz CT molecular complexity index is 1670. The van der Waals surface area contributed by atoms with Gasteiger partial charge in [-0.2, -0.15) is 0 Å². The molecule has 242 valence electrons. The van der Waals surface area contributed by atoms with Crippen molar-refractivity contribution >= 4 is 28.5 Å². The van der Waals surface area contributed by atoms with Gasteiger partial charge < -0.3 is 9.84 Å². The lowest BCUT2D eigenvalue weighted by Crippen LogP contribution is -2.34. The van der Waals surface area contributed by atoms with Crippen LogP contribution in [-0.4, -0.2) is 56.0 Å². The highest BCUT2D eigenvalue weighted by molar-refractivity contribution is 8.15. The van der Waals surface area contributed by atoms with Gasteiger partial charge in [0.15, 0.2) is 11.0 Å². The van der Waals surface area contributed by atoms with E-state index < -0.39 is 12.7 Å². The molecule has 1 saturated heterocycles. The molecule has 9 nitrogen and oxygen atoms in total. The number of hydrogen-bond acceptors (Lipinski definition) is 8. The maximum absolute atomic E-state index is 12.7. The Morgan fingerprint density at radius 3 is 2.50 bits per heavy atom. The summed E-state index contributed by atoms with van der Waals surface area (Å²) in [5, 5.41) is 18.5. The van der Waals surface area contributed by atoms with Crippen LogP contribution in [0, 0.1) is 6.92 Å². The molecule has 13 heteroatoms. The van der Waals surface area contributed by atoms with Crippen LogP contribution in [0.4, 0.5) is 18.9 Å². The molecular formula is C33H35F3N6O3S. The van der Waals surface area contributed by atoms with Crippen LogP contribution in [0.1, 0.15) is 49.3 Å². The Hall–Kier alpha value is -4.20. The number of amidine groups is 1. The summed E-state index contributed by atoms with van der Waals surface area (Å²) in [6.45, 7) is 6.77. The zero-order chi connectivity index (χ0) is 32.8. The number of ether oxygens (including phenoxy) is 1. The molecule has 1 aliphatic heterocycles. The average molecular weight is 653 g/mol. The molecule has 1 aliphatic rings. The molecule has 46 heavy (non-hydrogen) atoms. The van der Waals surface area contributed by atoms with Crippen molar-refractivity contribution in [2.45, 2.75) is 58.7 Å². The van der Waals surface area contributed by atoms with E-state index >= 15 is 0 Å². The summed E-state index contributed by atoms with van der Waals surface area (Å²) < 4.78 is 42.6. The third kappa shape index (κ3) is 8.53. The van der Waals surface area contributed by atoms with Crippen LogP contribution < -0.4 is 15.0 Å². The number of aromatic nitrogens is 3. The fourth-order valence-electron chi connectivity index (χ4n) is 5.01. The van der Waals surface area contributed by atoms with Crippen LogP contribution >= 0.6 is 11.8 Å². The fraction of sp³-hybridized carbons (Fsp3) is 0.333. The van der Waals surface area contributed by atoms with Crippen LogP contribution in [-0.2, 0) is 11.2 Å². The van der Waals surface area contributed by atoms with E-state index in [1.807, 2.05) is 43.3 Å². The molecule has 0 aliphatic carbocycles. The minimum Gasteiger partial charge on any atom is -0.406 e. The molecule has 0 saturated carbocycles. The third-order valence-corrected chi connectivity index (χ3v) is 8.24. The SMILES string of the molecule is Cc1ccc(N2C(=O)CSC2=NC(O)NCCCCc2ccc(-c3ncn(-c4ccc(OC(F)(F)F)cc4)n3)cc2)c(C(C)C)c1. The van der Waals surface area contributed by atoms with Gasteiger partial charge in [0.2, 0.25) is 12.3 Å². The van der Waals surface area contributed by atoms with Gasteiger partial charge >= 0.3 is 6.36 Å². The molecule has 5 rings (SSSR count). The van der Waals surface area contributed by atoms with Crippen LogP contribution in [0.2, 0.25) is 0 Å². The predicted octanol–water partition coefficient (Wildman–Crippen LogP) is 6.59. The lowest BCUT2D eigenvalue weighted by Gasteiger charge is -2.23. The molecule has 2 heterocycles. The van der Waals surface area contributed by atoms with Crippen molar-refractivity contribution in [2.75, 3.05) is 17.2 Å². The Morgan fingerprint density at radius 2 is 1.80 bits per heavy atom. The zero-order valence-electron chi connectivity index (χ0n) is 25.7. The van der Waals surface area contributed by atoms with Crippen molar-refractivity contribution in [3.63, 3.8) is 0 Å². The van der Waals surface area contributed by atoms with Crippen LogP contribution in [0.5, 0.6) is 5.75 Å². The van der Waals surface area contributed by atoms with Gasteiger partial charge in [-0.25, -0.2) is 14.7 Å². The molecule has 0 radical (unpaired) electrons. The molecular weight excluding hydrogens is 617 g/mol. The first-order valence-electron chi connectivity index (χ1n) is 14.9. The van der Waals surface area contributed by atoms with E-state index in [0.29, 0.717) is 23.2 Å². The Kier molecular flexibility index (Phi) is 10.4. The predicted molar refractivity (Wildman–Crippen MR) is 173 cm³/mol. The maximum Gasteiger partial charge on any atom is 0.573 e. The van der Waals surface area contributed by atoms with Crippen molar-refractivity contribution in [3.05, 3.63) is 89.7 Å².